The first-order chi connectivity index (χ1) is 9.14. The first-order valence-corrected chi connectivity index (χ1v) is 7.46. The summed E-state index contributed by atoms with van der Waals surface area (Å²) < 4.78 is 73.1. The van der Waals surface area contributed by atoms with Crippen molar-refractivity contribution in [3.05, 3.63) is 0 Å². The minimum atomic E-state index is -6.15. The number of hydrogen-bond donors (Lipinski definition) is 1. The molecule has 0 heterocycles. The molecule has 0 aromatic heterocycles. The summed E-state index contributed by atoms with van der Waals surface area (Å²) in [6.07, 6.45) is -0.251. The van der Waals surface area contributed by atoms with Gasteiger partial charge in [-0.15, -0.1) is 0 Å². The van der Waals surface area contributed by atoms with E-state index in [0.29, 0.717) is 12.8 Å². The van der Waals surface area contributed by atoms with Crippen molar-refractivity contribution in [3.63, 3.8) is 0 Å². The second-order valence-electron chi connectivity index (χ2n) is 4.56. The zero-order valence-corrected chi connectivity index (χ0v) is 11.3. The van der Waals surface area contributed by atoms with Gasteiger partial charge in [0.1, 0.15) is 6.61 Å². The summed E-state index contributed by atoms with van der Waals surface area (Å²) >= 11 is 0. The molecule has 1 atom stereocenters. The van der Waals surface area contributed by atoms with Crippen molar-refractivity contribution in [2.45, 2.75) is 49.6 Å². The van der Waals surface area contributed by atoms with Crippen molar-refractivity contribution in [3.8, 4) is 0 Å². The van der Waals surface area contributed by atoms with Crippen LogP contribution in [0.4, 0.5) is 18.0 Å². The SMILES string of the molecule is O=C(NC1CCCCC1)OCC(F)C(F)(F)S(=O)(=O)[O-]. The van der Waals surface area contributed by atoms with Gasteiger partial charge >= 0.3 is 11.3 Å². The zero-order valence-electron chi connectivity index (χ0n) is 10.5. The molecule has 1 N–H and O–H groups in total. The van der Waals surface area contributed by atoms with Crippen LogP contribution in [0.2, 0.25) is 0 Å². The number of halogens is 3. The molecular formula is C10H15F3NO5S-. The van der Waals surface area contributed by atoms with Gasteiger partial charge in [0.15, 0.2) is 10.1 Å². The highest BCUT2D eigenvalue weighted by molar-refractivity contribution is 7.86. The number of alkyl halides is 3. The molecule has 0 radical (unpaired) electrons. The molecule has 0 saturated heterocycles. The molecule has 20 heavy (non-hydrogen) atoms. The van der Waals surface area contributed by atoms with E-state index in [1.165, 1.54) is 0 Å². The minimum Gasteiger partial charge on any atom is -0.743 e. The van der Waals surface area contributed by atoms with Gasteiger partial charge in [0.25, 0.3) is 0 Å². The van der Waals surface area contributed by atoms with Crippen LogP contribution in [0.5, 0.6) is 0 Å². The van der Waals surface area contributed by atoms with Gasteiger partial charge in [0, 0.05) is 6.04 Å². The topological polar surface area (TPSA) is 95.5 Å². The monoisotopic (exact) mass is 318 g/mol. The second-order valence-corrected chi connectivity index (χ2v) is 6.01. The van der Waals surface area contributed by atoms with Crippen LogP contribution < -0.4 is 5.32 Å². The fraction of sp³-hybridized carbons (Fsp3) is 0.900. The Labute approximate surface area is 114 Å². The van der Waals surface area contributed by atoms with Gasteiger partial charge in [-0.3, -0.25) is 0 Å². The largest absolute Gasteiger partial charge is 0.743 e. The van der Waals surface area contributed by atoms with Crippen LogP contribution in [0.3, 0.4) is 0 Å². The first-order valence-electron chi connectivity index (χ1n) is 6.05. The summed E-state index contributed by atoms with van der Waals surface area (Å²) in [4.78, 5) is 11.2. The molecule has 1 aliphatic carbocycles. The van der Waals surface area contributed by atoms with E-state index in [-0.39, 0.29) is 6.04 Å². The summed E-state index contributed by atoms with van der Waals surface area (Å²) in [6, 6.07) is -0.168. The molecule has 0 bridgehead atoms. The maximum atomic E-state index is 13.0. The zero-order chi connectivity index (χ0) is 15.4. The van der Waals surface area contributed by atoms with Gasteiger partial charge in [-0.2, -0.15) is 8.78 Å². The molecule has 0 aromatic rings. The molecule has 1 amide bonds. The van der Waals surface area contributed by atoms with Crippen LogP contribution in [-0.2, 0) is 14.9 Å². The molecule has 0 aliphatic heterocycles. The molecule has 6 nitrogen and oxygen atoms in total. The van der Waals surface area contributed by atoms with Crippen LogP contribution in [0, 0.1) is 0 Å². The van der Waals surface area contributed by atoms with Crippen LogP contribution in [0.1, 0.15) is 32.1 Å². The Hall–Kier alpha value is -1.03. The van der Waals surface area contributed by atoms with Crippen LogP contribution in [-0.4, -0.2) is 43.1 Å². The van der Waals surface area contributed by atoms with Crippen LogP contribution in [0.15, 0.2) is 0 Å². The number of hydrogen-bond acceptors (Lipinski definition) is 5. The van der Waals surface area contributed by atoms with E-state index in [1.54, 1.807) is 0 Å². The Morgan fingerprint density at radius 2 is 1.90 bits per heavy atom. The van der Waals surface area contributed by atoms with Crippen molar-refractivity contribution >= 4 is 16.2 Å². The lowest BCUT2D eigenvalue weighted by molar-refractivity contribution is -0.0312. The quantitative estimate of drug-likeness (QED) is 0.775. The molecule has 0 spiro atoms. The van der Waals surface area contributed by atoms with E-state index in [2.05, 4.69) is 10.1 Å². The number of amides is 1. The fourth-order valence-electron chi connectivity index (χ4n) is 1.86. The highest BCUT2D eigenvalue weighted by Gasteiger charge is 2.48. The van der Waals surface area contributed by atoms with Gasteiger partial charge < -0.3 is 14.6 Å². The number of nitrogens with one attached hydrogen (secondary N) is 1. The van der Waals surface area contributed by atoms with Gasteiger partial charge in [-0.05, 0) is 12.8 Å². The van der Waals surface area contributed by atoms with E-state index in [1.807, 2.05) is 0 Å². The number of ether oxygens (including phenoxy) is 1. The lowest BCUT2D eigenvalue weighted by Crippen LogP contribution is -2.43. The minimum absolute atomic E-state index is 0.168. The van der Waals surface area contributed by atoms with Gasteiger partial charge in [-0.1, -0.05) is 19.3 Å². The Morgan fingerprint density at radius 1 is 1.35 bits per heavy atom. The third-order valence-corrected chi connectivity index (χ3v) is 3.91. The summed E-state index contributed by atoms with van der Waals surface area (Å²) in [5.41, 5.74) is 0. The Bertz CT molecular complexity index is 436. The van der Waals surface area contributed by atoms with E-state index in [4.69, 9.17) is 0 Å². The average Bonchev–Trinajstić information content (AvgIpc) is 2.35. The highest BCUT2D eigenvalue weighted by atomic mass is 32.2. The molecule has 10 heteroatoms. The standard InChI is InChI=1S/C10H16F3NO5S/c11-8(10(12,13)20(16,17)18)6-19-9(15)14-7-4-2-1-3-5-7/h7-8H,1-6H2,(H,14,15)(H,16,17,18)/p-1. The number of carbonyl (C=O) groups is 1. The third kappa shape index (κ3) is 4.51. The van der Waals surface area contributed by atoms with Crippen LogP contribution >= 0.6 is 0 Å². The highest BCUT2D eigenvalue weighted by Crippen LogP contribution is 2.27. The summed E-state index contributed by atoms with van der Waals surface area (Å²) in [5.74, 6) is 0. The molecule has 1 fully saturated rings. The first kappa shape index (κ1) is 17.0. The van der Waals surface area contributed by atoms with E-state index >= 15 is 0 Å². The summed E-state index contributed by atoms with van der Waals surface area (Å²) in [7, 11) is -6.15. The van der Waals surface area contributed by atoms with Crippen molar-refractivity contribution < 1.29 is 35.7 Å². The third-order valence-electron chi connectivity index (χ3n) is 2.99. The number of carbonyl (C=O) groups excluding carboxylic acids is 1. The summed E-state index contributed by atoms with van der Waals surface area (Å²) in [6.45, 7) is -1.51. The van der Waals surface area contributed by atoms with E-state index in [0.717, 1.165) is 19.3 Å². The van der Waals surface area contributed by atoms with Gasteiger partial charge in [0.05, 0.1) is 0 Å². The smallest absolute Gasteiger partial charge is 0.407 e. The molecular weight excluding hydrogens is 303 g/mol. The van der Waals surface area contributed by atoms with E-state index in [9.17, 15) is 30.9 Å². The molecule has 1 unspecified atom stereocenters. The van der Waals surface area contributed by atoms with Crippen molar-refractivity contribution in [1.82, 2.24) is 5.32 Å². The van der Waals surface area contributed by atoms with Crippen molar-refractivity contribution in [2.24, 2.45) is 0 Å². The fourth-order valence-corrected chi connectivity index (χ4v) is 2.24. The van der Waals surface area contributed by atoms with Gasteiger partial charge in [-0.25, -0.2) is 17.6 Å². The predicted molar refractivity (Wildman–Crippen MR) is 60.9 cm³/mol. The molecule has 1 saturated carbocycles. The normalized spacial score (nSPS) is 19.4. The van der Waals surface area contributed by atoms with Crippen molar-refractivity contribution in [2.75, 3.05) is 6.61 Å². The summed E-state index contributed by atoms with van der Waals surface area (Å²) in [5, 5.41) is -2.76. The predicted octanol–water partition coefficient (Wildman–Crippen LogP) is 1.52. The lowest BCUT2D eigenvalue weighted by Gasteiger charge is -2.24. The second kappa shape index (κ2) is 6.61. The Morgan fingerprint density at radius 3 is 2.40 bits per heavy atom. The molecule has 1 rings (SSSR count). The lowest BCUT2D eigenvalue weighted by atomic mass is 9.96. The molecule has 118 valence electrons. The maximum Gasteiger partial charge on any atom is 0.407 e. The average molecular weight is 318 g/mol. The Kier molecular flexibility index (Phi) is 5.63. The molecule has 1 aliphatic rings. The Balaban J connectivity index is 2.40. The maximum absolute atomic E-state index is 13.0. The van der Waals surface area contributed by atoms with Crippen molar-refractivity contribution in [1.29, 1.82) is 0 Å². The van der Waals surface area contributed by atoms with Gasteiger partial charge in [0.2, 0.25) is 6.17 Å². The number of rotatable bonds is 5. The van der Waals surface area contributed by atoms with E-state index < -0.39 is 34.2 Å². The molecule has 0 aromatic carbocycles. The van der Waals surface area contributed by atoms with Crippen LogP contribution in [0.25, 0.3) is 0 Å². The number of alkyl carbamates (subject to hydrolysis) is 1.